The SMILES string of the molecule is CCCCCOc1ccc(-c2cnc(-c3ccc(C[C@H](NC(=O)c4ccc(C(C)(C)C)s4)C(=O)O)cc3)nc2)cc1. The summed E-state index contributed by atoms with van der Waals surface area (Å²) in [6, 6.07) is 18.0. The summed E-state index contributed by atoms with van der Waals surface area (Å²) >= 11 is 1.39. The van der Waals surface area contributed by atoms with Gasteiger partial charge in [-0.15, -0.1) is 11.3 Å². The van der Waals surface area contributed by atoms with Gasteiger partial charge >= 0.3 is 5.97 Å². The summed E-state index contributed by atoms with van der Waals surface area (Å²) in [5.74, 6) is -0.0258. The number of nitrogens with zero attached hydrogens (tertiary/aromatic N) is 2. The molecule has 2 heterocycles. The standard InChI is InChI=1S/C33H37N3O4S/c1-5-6-7-18-40-26-14-12-23(13-15-26)25-20-34-30(35-21-25)24-10-8-22(9-11-24)19-27(32(38)39)36-31(37)28-16-17-29(41-28)33(2,3)4/h8-17,20-21,27H,5-7,18-19H2,1-4H3,(H,36,37)(H,38,39)/t27-/m0/s1. The number of ether oxygens (including phenoxy) is 1. The Labute approximate surface area is 245 Å². The lowest BCUT2D eigenvalue weighted by Crippen LogP contribution is -2.42. The van der Waals surface area contributed by atoms with E-state index in [1.165, 1.54) is 24.2 Å². The van der Waals surface area contributed by atoms with Crippen molar-refractivity contribution < 1.29 is 19.4 Å². The maximum atomic E-state index is 12.8. The molecule has 0 saturated carbocycles. The summed E-state index contributed by atoms with van der Waals surface area (Å²) in [5, 5.41) is 12.4. The Hall–Kier alpha value is -4.04. The number of carbonyl (C=O) groups excluding carboxylic acids is 1. The fraction of sp³-hybridized carbons (Fsp3) is 0.333. The van der Waals surface area contributed by atoms with E-state index in [4.69, 9.17) is 4.74 Å². The normalized spacial score (nSPS) is 12.1. The number of hydrogen-bond acceptors (Lipinski definition) is 6. The first-order valence-electron chi connectivity index (χ1n) is 13.9. The lowest BCUT2D eigenvalue weighted by Gasteiger charge is -2.16. The maximum absolute atomic E-state index is 12.8. The molecule has 0 fully saturated rings. The van der Waals surface area contributed by atoms with Gasteiger partial charge in [-0.05, 0) is 47.2 Å². The highest BCUT2D eigenvalue weighted by molar-refractivity contribution is 7.14. The molecule has 1 atom stereocenters. The summed E-state index contributed by atoms with van der Waals surface area (Å²) in [4.78, 5) is 35.3. The number of unbranched alkanes of at least 4 members (excludes halogenated alkanes) is 2. The van der Waals surface area contributed by atoms with Crippen molar-refractivity contribution in [1.29, 1.82) is 0 Å². The number of aliphatic carboxylic acids is 1. The molecule has 8 heteroatoms. The summed E-state index contributed by atoms with van der Waals surface area (Å²) in [6.07, 6.45) is 7.14. The minimum absolute atomic E-state index is 0.0739. The number of rotatable bonds is 12. The van der Waals surface area contributed by atoms with Crippen LogP contribution in [0.2, 0.25) is 0 Å². The van der Waals surface area contributed by atoms with Gasteiger partial charge in [0.1, 0.15) is 11.8 Å². The number of carboxylic acids is 1. The molecular formula is C33H37N3O4S. The molecule has 7 nitrogen and oxygen atoms in total. The Kier molecular flexibility index (Phi) is 9.89. The van der Waals surface area contributed by atoms with E-state index in [1.54, 1.807) is 18.5 Å². The van der Waals surface area contributed by atoms with E-state index in [1.807, 2.05) is 54.6 Å². The number of thiophene rings is 1. The average molecular weight is 572 g/mol. The minimum atomic E-state index is -1.08. The van der Waals surface area contributed by atoms with Gasteiger partial charge in [-0.1, -0.05) is 76.9 Å². The molecule has 0 bridgehead atoms. The van der Waals surface area contributed by atoms with Crippen LogP contribution in [0.25, 0.3) is 22.5 Å². The van der Waals surface area contributed by atoms with Crippen molar-refractivity contribution in [2.24, 2.45) is 0 Å². The van der Waals surface area contributed by atoms with E-state index in [9.17, 15) is 14.7 Å². The molecule has 214 valence electrons. The summed E-state index contributed by atoms with van der Waals surface area (Å²) in [6.45, 7) is 9.13. The van der Waals surface area contributed by atoms with Crippen molar-refractivity contribution in [2.75, 3.05) is 6.61 Å². The first-order chi connectivity index (χ1) is 19.6. The Morgan fingerprint density at radius 3 is 2.15 bits per heavy atom. The van der Waals surface area contributed by atoms with Crippen LogP contribution in [-0.4, -0.2) is 39.6 Å². The molecule has 2 aromatic carbocycles. The number of carbonyl (C=O) groups is 2. The summed E-state index contributed by atoms with van der Waals surface area (Å²) in [7, 11) is 0. The number of nitrogens with one attached hydrogen (secondary N) is 1. The second-order valence-electron chi connectivity index (χ2n) is 11.1. The van der Waals surface area contributed by atoms with Crippen molar-refractivity contribution in [2.45, 2.75) is 64.8 Å². The van der Waals surface area contributed by atoms with E-state index in [0.717, 1.165) is 45.9 Å². The van der Waals surface area contributed by atoms with Crippen LogP contribution in [0, 0.1) is 0 Å². The number of aromatic nitrogens is 2. The zero-order chi connectivity index (χ0) is 29.4. The van der Waals surface area contributed by atoms with Gasteiger partial charge in [0, 0.05) is 34.8 Å². The van der Waals surface area contributed by atoms with Crippen LogP contribution >= 0.6 is 11.3 Å². The number of hydrogen-bond donors (Lipinski definition) is 2. The van der Waals surface area contributed by atoms with Crippen LogP contribution in [0.3, 0.4) is 0 Å². The maximum Gasteiger partial charge on any atom is 0.326 e. The molecule has 41 heavy (non-hydrogen) atoms. The monoisotopic (exact) mass is 571 g/mol. The van der Waals surface area contributed by atoms with E-state index in [2.05, 4.69) is 43.0 Å². The van der Waals surface area contributed by atoms with Gasteiger partial charge in [0.15, 0.2) is 5.82 Å². The van der Waals surface area contributed by atoms with Crippen LogP contribution in [-0.2, 0) is 16.6 Å². The highest BCUT2D eigenvalue weighted by Gasteiger charge is 2.24. The number of benzene rings is 2. The Balaban J connectivity index is 1.36. The number of carboxylic acid groups (broad SMARTS) is 1. The van der Waals surface area contributed by atoms with Gasteiger partial charge in [-0.2, -0.15) is 0 Å². The topological polar surface area (TPSA) is 101 Å². The summed E-state index contributed by atoms with van der Waals surface area (Å²) < 4.78 is 5.79. The van der Waals surface area contributed by atoms with Crippen molar-refractivity contribution >= 4 is 23.2 Å². The lowest BCUT2D eigenvalue weighted by atomic mass is 9.95. The molecule has 0 spiro atoms. The molecular weight excluding hydrogens is 534 g/mol. The fourth-order valence-electron chi connectivity index (χ4n) is 4.23. The van der Waals surface area contributed by atoms with Crippen molar-refractivity contribution in [3.8, 4) is 28.3 Å². The van der Waals surface area contributed by atoms with Gasteiger partial charge in [-0.3, -0.25) is 4.79 Å². The first kappa shape index (κ1) is 29.9. The third kappa shape index (κ3) is 8.24. The Bertz CT molecular complexity index is 1440. The third-order valence-corrected chi connectivity index (χ3v) is 8.19. The molecule has 2 N–H and O–H groups in total. The van der Waals surface area contributed by atoms with E-state index in [-0.39, 0.29) is 17.7 Å². The summed E-state index contributed by atoms with van der Waals surface area (Å²) in [5.41, 5.74) is 3.45. The quantitative estimate of drug-likeness (QED) is 0.175. The Morgan fingerprint density at radius 1 is 0.902 bits per heavy atom. The van der Waals surface area contributed by atoms with E-state index < -0.39 is 12.0 Å². The largest absolute Gasteiger partial charge is 0.494 e. The molecule has 0 aliphatic heterocycles. The molecule has 2 aromatic heterocycles. The third-order valence-electron chi connectivity index (χ3n) is 6.68. The Morgan fingerprint density at radius 2 is 1.56 bits per heavy atom. The molecule has 4 aromatic rings. The molecule has 4 rings (SSSR count). The van der Waals surface area contributed by atoms with E-state index >= 15 is 0 Å². The van der Waals surface area contributed by atoms with Gasteiger partial charge < -0.3 is 15.2 Å². The highest BCUT2D eigenvalue weighted by Crippen LogP contribution is 2.29. The van der Waals surface area contributed by atoms with Crippen LogP contribution < -0.4 is 10.1 Å². The first-order valence-corrected chi connectivity index (χ1v) is 14.7. The second-order valence-corrected chi connectivity index (χ2v) is 12.1. The zero-order valence-electron chi connectivity index (χ0n) is 24.0. The van der Waals surface area contributed by atoms with Gasteiger partial charge in [-0.25, -0.2) is 14.8 Å². The molecule has 0 unspecified atom stereocenters. The lowest BCUT2D eigenvalue weighted by molar-refractivity contribution is -0.139. The molecule has 1 amide bonds. The van der Waals surface area contributed by atoms with Gasteiger partial charge in [0.25, 0.3) is 5.91 Å². The van der Waals surface area contributed by atoms with Crippen LogP contribution in [0.5, 0.6) is 5.75 Å². The molecule has 0 saturated heterocycles. The van der Waals surface area contributed by atoms with Gasteiger partial charge in [0.2, 0.25) is 0 Å². The van der Waals surface area contributed by atoms with Gasteiger partial charge in [0.05, 0.1) is 11.5 Å². The highest BCUT2D eigenvalue weighted by atomic mass is 32.1. The second kappa shape index (κ2) is 13.5. The smallest absolute Gasteiger partial charge is 0.326 e. The van der Waals surface area contributed by atoms with Crippen LogP contribution in [0.4, 0.5) is 0 Å². The fourth-order valence-corrected chi connectivity index (χ4v) is 5.20. The minimum Gasteiger partial charge on any atom is -0.494 e. The predicted molar refractivity (Wildman–Crippen MR) is 164 cm³/mol. The molecule has 0 radical (unpaired) electrons. The van der Waals surface area contributed by atoms with Crippen LogP contribution in [0.15, 0.2) is 73.1 Å². The van der Waals surface area contributed by atoms with Crippen molar-refractivity contribution in [3.63, 3.8) is 0 Å². The average Bonchev–Trinajstić information content (AvgIpc) is 3.48. The number of amides is 1. The van der Waals surface area contributed by atoms with Crippen molar-refractivity contribution in [3.05, 3.63) is 88.4 Å². The van der Waals surface area contributed by atoms with Crippen molar-refractivity contribution in [1.82, 2.24) is 15.3 Å². The predicted octanol–water partition coefficient (Wildman–Crippen LogP) is 7.16. The van der Waals surface area contributed by atoms with E-state index in [0.29, 0.717) is 10.7 Å². The molecule has 0 aliphatic carbocycles. The molecule has 0 aliphatic rings. The van der Waals surface area contributed by atoms with Crippen LogP contribution in [0.1, 0.15) is 67.1 Å². The zero-order valence-corrected chi connectivity index (χ0v) is 24.8.